The van der Waals surface area contributed by atoms with Crippen molar-refractivity contribution in [3.63, 3.8) is 0 Å². The second kappa shape index (κ2) is 9.75. The standard InChI is InChI=1S/C24H29N5O2/c25-23(30)22-15-21(27-29(22)19-11-5-2-6-12-19)24(31)26-16-20-13-7-8-14-28(20)17-18-9-3-1-4-10-18/h1-6,9-12,20,22H,7-8,13-17H2,(H2,25,30)(H,26,31)/t20-,22-/m0/s1. The van der Waals surface area contributed by atoms with Gasteiger partial charge in [-0.2, -0.15) is 5.10 Å². The van der Waals surface area contributed by atoms with E-state index < -0.39 is 11.9 Å². The number of likely N-dealkylation sites (tertiary alicyclic amines) is 1. The van der Waals surface area contributed by atoms with Crippen molar-refractivity contribution in [1.82, 2.24) is 10.2 Å². The van der Waals surface area contributed by atoms with Gasteiger partial charge in [-0.15, -0.1) is 0 Å². The Hall–Kier alpha value is -3.19. The number of amides is 2. The molecule has 1 saturated heterocycles. The van der Waals surface area contributed by atoms with Gasteiger partial charge in [0.25, 0.3) is 5.91 Å². The van der Waals surface area contributed by atoms with Crippen molar-refractivity contribution in [2.45, 2.75) is 44.3 Å². The lowest BCUT2D eigenvalue weighted by Crippen LogP contribution is -2.47. The van der Waals surface area contributed by atoms with E-state index in [0.29, 0.717) is 12.3 Å². The number of hydrogen-bond acceptors (Lipinski definition) is 5. The van der Waals surface area contributed by atoms with Gasteiger partial charge >= 0.3 is 0 Å². The van der Waals surface area contributed by atoms with Crippen molar-refractivity contribution in [1.29, 1.82) is 0 Å². The lowest BCUT2D eigenvalue weighted by molar-refractivity contribution is -0.119. The lowest BCUT2D eigenvalue weighted by Gasteiger charge is -2.35. The number of piperidine rings is 1. The zero-order valence-corrected chi connectivity index (χ0v) is 17.6. The number of hydrazone groups is 1. The minimum atomic E-state index is -0.646. The summed E-state index contributed by atoms with van der Waals surface area (Å²) in [5.41, 5.74) is 7.95. The van der Waals surface area contributed by atoms with Crippen LogP contribution in [0.1, 0.15) is 31.2 Å². The fourth-order valence-corrected chi connectivity index (χ4v) is 4.32. The SMILES string of the molecule is NC(=O)[C@@H]1CC(C(=O)NC[C@@H]2CCCCN2Cc2ccccc2)=NN1c1ccccc1. The number of carbonyl (C=O) groups excluding carboxylic acids is 2. The van der Waals surface area contributed by atoms with E-state index in [9.17, 15) is 9.59 Å². The van der Waals surface area contributed by atoms with Crippen molar-refractivity contribution in [3.05, 3.63) is 66.2 Å². The van der Waals surface area contributed by atoms with E-state index in [1.54, 1.807) is 5.01 Å². The van der Waals surface area contributed by atoms with Crippen LogP contribution in [0.5, 0.6) is 0 Å². The number of primary amides is 1. The van der Waals surface area contributed by atoms with Crippen LogP contribution in [-0.2, 0) is 16.1 Å². The van der Waals surface area contributed by atoms with Crippen LogP contribution in [0.15, 0.2) is 65.8 Å². The van der Waals surface area contributed by atoms with E-state index in [4.69, 9.17) is 5.73 Å². The van der Waals surface area contributed by atoms with Crippen molar-refractivity contribution in [3.8, 4) is 0 Å². The number of rotatable bonds is 7. The third-order valence-electron chi connectivity index (χ3n) is 6.00. The molecular formula is C24H29N5O2. The van der Waals surface area contributed by atoms with Crippen LogP contribution >= 0.6 is 0 Å². The number of nitrogens with two attached hydrogens (primary N) is 1. The van der Waals surface area contributed by atoms with E-state index in [1.165, 1.54) is 12.0 Å². The Morgan fingerprint density at radius 2 is 1.74 bits per heavy atom. The fourth-order valence-electron chi connectivity index (χ4n) is 4.32. The molecule has 0 radical (unpaired) electrons. The zero-order valence-electron chi connectivity index (χ0n) is 17.6. The molecule has 2 atom stereocenters. The van der Waals surface area contributed by atoms with Crippen LogP contribution in [0, 0.1) is 0 Å². The maximum absolute atomic E-state index is 12.9. The van der Waals surface area contributed by atoms with Gasteiger partial charge in [0.1, 0.15) is 11.8 Å². The molecule has 7 nitrogen and oxygen atoms in total. The third-order valence-corrected chi connectivity index (χ3v) is 6.00. The molecule has 7 heteroatoms. The highest BCUT2D eigenvalue weighted by Crippen LogP contribution is 2.24. The Bertz CT molecular complexity index is 932. The van der Waals surface area contributed by atoms with Gasteiger partial charge in [-0.3, -0.25) is 19.5 Å². The summed E-state index contributed by atoms with van der Waals surface area (Å²) in [5.74, 6) is -0.716. The van der Waals surface area contributed by atoms with Crippen LogP contribution in [0.25, 0.3) is 0 Å². The highest BCUT2D eigenvalue weighted by Gasteiger charge is 2.35. The molecule has 31 heavy (non-hydrogen) atoms. The quantitative estimate of drug-likeness (QED) is 0.720. The predicted octanol–water partition coefficient (Wildman–Crippen LogP) is 2.28. The molecule has 0 aliphatic carbocycles. The molecular weight excluding hydrogens is 390 g/mol. The second-order valence-corrected chi connectivity index (χ2v) is 8.16. The summed E-state index contributed by atoms with van der Waals surface area (Å²) in [6.07, 6.45) is 3.61. The Morgan fingerprint density at radius 1 is 1.03 bits per heavy atom. The lowest BCUT2D eigenvalue weighted by atomic mass is 10.0. The molecule has 0 bridgehead atoms. The number of carbonyl (C=O) groups is 2. The number of benzene rings is 2. The summed E-state index contributed by atoms with van der Waals surface area (Å²) in [4.78, 5) is 27.2. The maximum Gasteiger partial charge on any atom is 0.267 e. The summed E-state index contributed by atoms with van der Waals surface area (Å²) in [7, 11) is 0. The third kappa shape index (κ3) is 5.11. The van der Waals surface area contributed by atoms with Gasteiger partial charge in [0.15, 0.2) is 0 Å². The van der Waals surface area contributed by atoms with Crippen molar-refractivity contribution >= 4 is 23.2 Å². The van der Waals surface area contributed by atoms with E-state index >= 15 is 0 Å². The molecule has 1 fully saturated rings. The van der Waals surface area contributed by atoms with Gasteiger partial charge in [-0.1, -0.05) is 55.0 Å². The summed E-state index contributed by atoms with van der Waals surface area (Å²) in [6.45, 7) is 2.48. The van der Waals surface area contributed by atoms with Crippen molar-refractivity contribution in [2.24, 2.45) is 10.8 Å². The molecule has 3 N–H and O–H groups in total. The topological polar surface area (TPSA) is 91.0 Å². The van der Waals surface area contributed by atoms with Gasteiger partial charge in [0.2, 0.25) is 5.91 Å². The number of nitrogens with zero attached hydrogens (tertiary/aromatic N) is 3. The molecule has 4 rings (SSSR count). The molecule has 2 heterocycles. The zero-order chi connectivity index (χ0) is 21.6. The first-order chi connectivity index (χ1) is 15.1. The monoisotopic (exact) mass is 419 g/mol. The average Bonchev–Trinajstić information content (AvgIpc) is 3.26. The van der Waals surface area contributed by atoms with E-state index in [0.717, 1.165) is 31.6 Å². The summed E-state index contributed by atoms with van der Waals surface area (Å²) >= 11 is 0. The number of hydrogen-bond donors (Lipinski definition) is 2. The van der Waals surface area contributed by atoms with E-state index in [2.05, 4.69) is 39.6 Å². The Balaban J connectivity index is 1.39. The van der Waals surface area contributed by atoms with Crippen LogP contribution < -0.4 is 16.1 Å². The molecule has 2 aromatic rings. The minimum Gasteiger partial charge on any atom is -0.368 e. The fraction of sp³-hybridized carbons (Fsp3) is 0.375. The van der Waals surface area contributed by atoms with E-state index in [-0.39, 0.29) is 18.4 Å². The smallest absolute Gasteiger partial charge is 0.267 e. The Labute approximate surface area is 182 Å². The van der Waals surface area contributed by atoms with Crippen molar-refractivity contribution < 1.29 is 9.59 Å². The number of anilines is 1. The summed E-state index contributed by atoms with van der Waals surface area (Å²) < 4.78 is 0. The van der Waals surface area contributed by atoms with Gasteiger partial charge in [0.05, 0.1) is 5.69 Å². The summed E-state index contributed by atoms with van der Waals surface area (Å²) in [5, 5.41) is 9.04. The van der Waals surface area contributed by atoms with Gasteiger partial charge < -0.3 is 11.1 Å². The average molecular weight is 420 g/mol. The number of nitrogens with one attached hydrogen (secondary N) is 1. The van der Waals surface area contributed by atoms with Crippen LogP contribution in [0.3, 0.4) is 0 Å². The molecule has 2 aliphatic heterocycles. The van der Waals surface area contributed by atoms with Crippen LogP contribution in [-0.4, -0.2) is 47.6 Å². The Morgan fingerprint density at radius 3 is 2.45 bits per heavy atom. The first kappa shape index (κ1) is 21.1. The minimum absolute atomic E-state index is 0.217. The normalized spacial score (nSPS) is 21.5. The van der Waals surface area contributed by atoms with Gasteiger partial charge in [-0.25, -0.2) is 0 Å². The highest BCUT2D eigenvalue weighted by atomic mass is 16.2. The van der Waals surface area contributed by atoms with Gasteiger partial charge in [0, 0.05) is 25.6 Å². The first-order valence-electron chi connectivity index (χ1n) is 10.9. The first-order valence-corrected chi connectivity index (χ1v) is 10.9. The molecule has 0 spiro atoms. The highest BCUT2D eigenvalue weighted by molar-refractivity contribution is 6.40. The van der Waals surface area contributed by atoms with Crippen LogP contribution in [0.2, 0.25) is 0 Å². The predicted molar refractivity (Wildman–Crippen MR) is 121 cm³/mol. The van der Waals surface area contributed by atoms with Gasteiger partial charge in [-0.05, 0) is 37.1 Å². The molecule has 162 valence electrons. The van der Waals surface area contributed by atoms with Crippen LogP contribution in [0.4, 0.5) is 5.69 Å². The molecule has 2 aromatic carbocycles. The molecule has 2 amide bonds. The largest absolute Gasteiger partial charge is 0.368 e. The molecule has 0 saturated carbocycles. The second-order valence-electron chi connectivity index (χ2n) is 8.16. The summed E-state index contributed by atoms with van der Waals surface area (Å²) in [6, 6.07) is 19.4. The molecule has 0 aromatic heterocycles. The Kier molecular flexibility index (Phi) is 6.62. The van der Waals surface area contributed by atoms with Crippen molar-refractivity contribution in [2.75, 3.05) is 18.1 Å². The maximum atomic E-state index is 12.9. The van der Waals surface area contributed by atoms with E-state index in [1.807, 2.05) is 36.4 Å². The molecule has 0 unspecified atom stereocenters. The molecule has 2 aliphatic rings. The number of para-hydroxylation sites is 1.